The van der Waals surface area contributed by atoms with Crippen LogP contribution in [0, 0.1) is 11.8 Å². The van der Waals surface area contributed by atoms with Crippen LogP contribution in [0.3, 0.4) is 0 Å². The van der Waals surface area contributed by atoms with Crippen LogP contribution in [0.4, 0.5) is 11.5 Å². The summed E-state index contributed by atoms with van der Waals surface area (Å²) in [6.07, 6.45) is 5.26. The van der Waals surface area contributed by atoms with Gasteiger partial charge in [-0.25, -0.2) is 0 Å². The molecule has 2 amide bonds. The average Bonchev–Trinajstić information content (AvgIpc) is 2.79. The lowest BCUT2D eigenvalue weighted by Gasteiger charge is -2.33. The van der Waals surface area contributed by atoms with Crippen LogP contribution in [-0.4, -0.2) is 53.1 Å². The number of carbonyl (C=O) groups excluding carboxylic acids is 2. The molecule has 0 saturated carbocycles. The van der Waals surface area contributed by atoms with Gasteiger partial charge in [0.15, 0.2) is 5.82 Å². The number of nitrogens with one attached hydrogen (secondary N) is 1. The Morgan fingerprint density at radius 3 is 2.44 bits per heavy atom. The first-order chi connectivity index (χ1) is 15.6. The van der Waals surface area contributed by atoms with Crippen LogP contribution in [0.15, 0.2) is 42.6 Å². The standard InChI is InChI=1S/C25H33N5O2/c1-3-18(2)15-24(31)29-13-10-20(11-14-29)19-6-8-22(9-7-19)30(23-5-4-12-27-28-23)25(32)21-16-26-17-21/h4-9,12,18,20-21,26H,3,10-11,13-17H2,1-2H3. The maximum Gasteiger partial charge on any atom is 0.238 e. The van der Waals surface area contributed by atoms with Crippen molar-refractivity contribution in [1.82, 2.24) is 20.4 Å². The summed E-state index contributed by atoms with van der Waals surface area (Å²) in [6.45, 7) is 7.31. The van der Waals surface area contributed by atoms with Crippen LogP contribution >= 0.6 is 0 Å². The predicted octanol–water partition coefficient (Wildman–Crippen LogP) is 3.50. The van der Waals surface area contributed by atoms with Crippen LogP contribution < -0.4 is 10.2 Å². The summed E-state index contributed by atoms with van der Waals surface area (Å²) >= 11 is 0. The third-order valence-electron chi connectivity index (χ3n) is 6.83. The molecule has 0 bridgehead atoms. The molecular formula is C25H33N5O2. The minimum atomic E-state index is -0.0334. The van der Waals surface area contributed by atoms with Gasteiger partial charge < -0.3 is 10.2 Å². The van der Waals surface area contributed by atoms with E-state index in [2.05, 4.69) is 41.5 Å². The molecule has 32 heavy (non-hydrogen) atoms. The predicted molar refractivity (Wildman–Crippen MR) is 125 cm³/mol. The first-order valence-electron chi connectivity index (χ1n) is 11.8. The maximum atomic E-state index is 13.1. The number of likely N-dealkylation sites (tertiary alicyclic amines) is 1. The summed E-state index contributed by atoms with van der Waals surface area (Å²) in [7, 11) is 0. The second-order valence-corrected chi connectivity index (χ2v) is 9.07. The minimum absolute atomic E-state index is 0.0334. The van der Waals surface area contributed by atoms with Crippen molar-refractivity contribution in [3.05, 3.63) is 48.2 Å². The summed E-state index contributed by atoms with van der Waals surface area (Å²) < 4.78 is 0. The first kappa shape index (κ1) is 22.4. The fourth-order valence-electron chi connectivity index (χ4n) is 4.36. The smallest absolute Gasteiger partial charge is 0.238 e. The highest BCUT2D eigenvalue weighted by atomic mass is 16.2. The molecule has 1 atom stereocenters. The number of piperidine rings is 1. The van der Waals surface area contributed by atoms with E-state index in [9.17, 15) is 9.59 Å². The number of hydrogen-bond acceptors (Lipinski definition) is 5. The number of amides is 2. The topological polar surface area (TPSA) is 78.4 Å². The van der Waals surface area contributed by atoms with Gasteiger partial charge in [-0.15, -0.1) is 5.10 Å². The van der Waals surface area contributed by atoms with Gasteiger partial charge in [-0.2, -0.15) is 5.10 Å². The van der Waals surface area contributed by atoms with Gasteiger partial charge in [0.1, 0.15) is 0 Å². The summed E-state index contributed by atoms with van der Waals surface area (Å²) in [6, 6.07) is 11.9. The lowest BCUT2D eigenvalue weighted by atomic mass is 9.89. The fraction of sp³-hybridized carbons (Fsp3) is 0.520. The number of carbonyl (C=O) groups is 2. The highest BCUT2D eigenvalue weighted by Crippen LogP contribution is 2.32. The SMILES string of the molecule is CCC(C)CC(=O)N1CCC(c2ccc(N(C(=O)C3CNC3)c3cccnn3)cc2)CC1. The minimum Gasteiger partial charge on any atom is -0.343 e. The van der Waals surface area contributed by atoms with Crippen molar-refractivity contribution in [2.45, 2.75) is 45.4 Å². The summed E-state index contributed by atoms with van der Waals surface area (Å²) in [5.41, 5.74) is 2.08. The second kappa shape index (κ2) is 10.2. The van der Waals surface area contributed by atoms with Crippen molar-refractivity contribution >= 4 is 23.3 Å². The monoisotopic (exact) mass is 435 g/mol. The van der Waals surface area contributed by atoms with E-state index in [1.807, 2.05) is 23.1 Å². The quantitative estimate of drug-likeness (QED) is 0.720. The average molecular weight is 436 g/mol. The van der Waals surface area contributed by atoms with Gasteiger partial charge in [0.05, 0.1) is 11.6 Å². The Morgan fingerprint density at radius 1 is 1.16 bits per heavy atom. The Balaban J connectivity index is 1.43. The van der Waals surface area contributed by atoms with Gasteiger partial charge in [0, 0.05) is 38.8 Å². The normalized spacial score (nSPS) is 18.1. The highest BCUT2D eigenvalue weighted by Gasteiger charge is 2.32. The second-order valence-electron chi connectivity index (χ2n) is 9.07. The van der Waals surface area contributed by atoms with E-state index < -0.39 is 0 Å². The van der Waals surface area contributed by atoms with Crippen LogP contribution in [0.5, 0.6) is 0 Å². The van der Waals surface area contributed by atoms with Gasteiger partial charge >= 0.3 is 0 Å². The molecule has 2 fully saturated rings. The molecule has 1 aromatic carbocycles. The van der Waals surface area contributed by atoms with Gasteiger partial charge in [-0.3, -0.25) is 14.5 Å². The van der Waals surface area contributed by atoms with Crippen LogP contribution in [0.1, 0.15) is 51.0 Å². The van der Waals surface area contributed by atoms with Gasteiger partial charge in [0.25, 0.3) is 0 Å². The Labute approximate surface area is 190 Å². The molecule has 2 saturated heterocycles. The third-order valence-corrected chi connectivity index (χ3v) is 6.83. The van der Waals surface area contributed by atoms with Crippen LogP contribution in [0.25, 0.3) is 0 Å². The zero-order valence-electron chi connectivity index (χ0n) is 19.0. The summed E-state index contributed by atoms with van der Waals surface area (Å²) in [5.74, 6) is 1.73. The van der Waals surface area contributed by atoms with E-state index in [1.54, 1.807) is 17.2 Å². The molecular weight excluding hydrogens is 402 g/mol. The largest absolute Gasteiger partial charge is 0.343 e. The molecule has 1 aromatic heterocycles. The maximum absolute atomic E-state index is 13.1. The Kier molecular flexibility index (Phi) is 7.15. The lowest BCUT2D eigenvalue weighted by molar-refractivity contribution is -0.133. The molecule has 7 nitrogen and oxygen atoms in total. The van der Waals surface area contributed by atoms with Crippen molar-refractivity contribution in [3.63, 3.8) is 0 Å². The van der Waals surface area contributed by atoms with Crippen molar-refractivity contribution in [2.24, 2.45) is 11.8 Å². The van der Waals surface area contributed by atoms with Crippen molar-refractivity contribution in [1.29, 1.82) is 0 Å². The molecule has 2 aliphatic rings. The molecule has 2 aromatic rings. The first-order valence-corrected chi connectivity index (χ1v) is 11.8. The Morgan fingerprint density at radius 2 is 1.88 bits per heavy atom. The number of rotatable bonds is 7. The number of anilines is 2. The van der Waals surface area contributed by atoms with E-state index in [0.29, 0.717) is 37.2 Å². The molecule has 3 heterocycles. The molecule has 4 rings (SSSR count). The number of aromatic nitrogens is 2. The fourth-order valence-corrected chi connectivity index (χ4v) is 4.36. The highest BCUT2D eigenvalue weighted by molar-refractivity contribution is 6.01. The molecule has 2 aliphatic heterocycles. The molecule has 1 unspecified atom stereocenters. The molecule has 0 spiro atoms. The van der Waals surface area contributed by atoms with Crippen LogP contribution in [0.2, 0.25) is 0 Å². The van der Waals surface area contributed by atoms with Gasteiger partial charge in [0.2, 0.25) is 11.8 Å². The summed E-state index contributed by atoms with van der Waals surface area (Å²) in [5, 5.41) is 11.3. The summed E-state index contributed by atoms with van der Waals surface area (Å²) in [4.78, 5) is 29.3. The number of nitrogens with zero attached hydrogens (tertiary/aromatic N) is 4. The van der Waals surface area contributed by atoms with Crippen LogP contribution in [-0.2, 0) is 9.59 Å². The molecule has 0 radical (unpaired) electrons. The lowest BCUT2D eigenvalue weighted by Crippen LogP contribution is -2.51. The molecule has 1 N–H and O–H groups in total. The van der Waals surface area contributed by atoms with Gasteiger partial charge in [-0.1, -0.05) is 32.4 Å². The van der Waals surface area contributed by atoms with E-state index in [4.69, 9.17) is 0 Å². The van der Waals surface area contributed by atoms with E-state index in [-0.39, 0.29) is 17.7 Å². The number of benzene rings is 1. The Hall–Kier alpha value is -2.80. The molecule has 170 valence electrons. The van der Waals surface area contributed by atoms with Crippen molar-refractivity contribution < 1.29 is 9.59 Å². The zero-order valence-corrected chi connectivity index (χ0v) is 19.0. The molecule has 7 heteroatoms. The Bertz CT molecular complexity index is 906. The van der Waals surface area contributed by atoms with E-state index in [0.717, 1.165) is 38.0 Å². The van der Waals surface area contributed by atoms with Crippen molar-refractivity contribution in [3.8, 4) is 0 Å². The molecule has 0 aliphatic carbocycles. The third kappa shape index (κ3) is 4.99. The zero-order chi connectivity index (χ0) is 22.5. The van der Waals surface area contributed by atoms with E-state index in [1.165, 1.54) is 5.56 Å². The number of hydrogen-bond donors (Lipinski definition) is 1. The van der Waals surface area contributed by atoms with Crippen molar-refractivity contribution in [2.75, 3.05) is 31.1 Å². The van der Waals surface area contributed by atoms with Gasteiger partial charge in [-0.05, 0) is 54.5 Å². The van der Waals surface area contributed by atoms with E-state index >= 15 is 0 Å².